The Bertz CT molecular complexity index is 379. The smallest absolute Gasteiger partial charge is 0.164 e. The second-order valence-corrected chi connectivity index (χ2v) is 3.12. The van der Waals surface area contributed by atoms with Crippen LogP contribution >= 0.6 is 22.6 Å². The zero-order valence-corrected chi connectivity index (χ0v) is 10.7. The fourth-order valence-electron chi connectivity index (χ4n) is 1.04. The molecule has 0 aromatic heterocycles. The Morgan fingerprint density at radius 2 is 2.00 bits per heavy atom. The number of hydrogen-bond acceptors (Lipinski definition) is 3. The third kappa shape index (κ3) is 3.51. The monoisotopic (exact) mass is 318 g/mol. The van der Waals surface area contributed by atoms with Crippen molar-refractivity contribution in [1.82, 2.24) is 0 Å². The predicted molar refractivity (Wildman–Crippen MR) is 66.8 cm³/mol. The van der Waals surface area contributed by atoms with Crippen molar-refractivity contribution in [2.75, 3.05) is 20.8 Å². The molecule has 0 fully saturated rings. The molecule has 3 nitrogen and oxygen atoms in total. The summed E-state index contributed by atoms with van der Waals surface area (Å²) in [5.41, 5.74) is 0. The lowest BCUT2D eigenvalue weighted by molar-refractivity contribution is 0.327. The molecule has 4 heteroatoms. The van der Waals surface area contributed by atoms with Gasteiger partial charge < -0.3 is 14.2 Å². The van der Waals surface area contributed by atoms with E-state index in [-0.39, 0.29) is 0 Å². The lowest BCUT2D eigenvalue weighted by Crippen LogP contribution is -1.97. The van der Waals surface area contributed by atoms with Gasteiger partial charge in [-0.2, -0.15) is 0 Å². The molecule has 1 aromatic rings. The molecule has 1 aromatic carbocycles. The van der Waals surface area contributed by atoms with Gasteiger partial charge in [0, 0.05) is 28.7 Å². The molecule has 0 amide bonds. The van der Waals surface area contributed by atoms with Crippen LogP contribution in [0.5, 0.6) is 17.2 Å². The van der Waals surface area contributed by atoms with Crippen molar-refractivity contribution in [3.63, 3.8) is 0 Å². The van der Waals surface area contributed by atoms with Gasteiger partial charge in [-0.1, -0.05) is 5.92 Å². The molecule has 80 valence electrons. The van der Waals surface area contributed by atoms with Gasteiger partial charge in [-0.05, 0) is 16.1 Å². The molecule has 0 saturated carbocycles. The maximum absolute atomic E-state index is 5.41. The molecule has 0 spiro atoms. The lowest BCUT2D eigenvalue weighted by Gasteiger charge is -2.09. The van der Waals surface area contributed by atoms with Crippen molar-refractivity contribution in [3.8, 4) is 27.1 Å². The summed E-state index contributed by atoms with van der Waals surface area (Å²) >= 11 is 1.97. The molecule has 0 aliphatic carbocycles. The summed E-state index contributed by atoms with van der Waals surface area (Å²) < 4.78 is 18.4. The number of ether oxygens (including phenoxy) is 3. The number of benzene rings is 1. The van der Waals surface area contributed by atoms with Gasteiger partial charge in [0.25, 0.3) is 0 Å². The average molecular weight is 318 g/mol. The van der Waals surface area contributed by atoms with E-state index in [0.29, 0.717) is 18.1 Å². The molecule has 0 atom stereocenters. The highest BCUT2D eigenvalue weighted by atomic mass is 127. The van der Waals surface area contributed by atoms with E-state index in [0.717, 1.165) is 5.75 Å². The van der Waals surface area contributed by atoms with Crippen LogP contribution in [-0.4, -0.2) is 20.8 Å². The van der Waals surface area contributed by atoms with Crippen LogP contribution in [0.2, 0.25) is 0 Å². The minimum absolute atomic E-state index is 0.353. The molecule has 0 N–H and O–H groups in total. The highest BCUT2D eigenvalue weighted by molar-refractivity contribution is 14.1. The predicted octanol–water partition coefficient (Wildman–Crippen LogP) is 2.48. The van der Waals surface area contributed by atoms with E-state index in [2.05, 4.69) is 9.85 Å². The number of hydrogen-bond donors (Lipinski definition) is 0. The minimum Gasteiger partial charge on any atom is -0.497 e. The van der Waals surface area contributed by atoms with Gasteiger partial charge in [-0.3, -0.25) is 0 Å². The Hall–Kier alpha value is -1.09. The molecular weight excluding hydrogens is 307 g/mol. The first-order valence-electron chi connectivity index (χ1n) is 4.25. The van der Waals surface area contributed by atoms with Gasteiger partial charge >= 0.3 is 0 Å². The summed E-state index contributed by atoms with van der Waals surface area (Å²) in [6.45, 7) is 0.353. The Labute approximate surface area is 103 Å². The van der Waals surface area contributed by atoms with Gasteiger partial charge in [0.15, 0.2) is 11.5 Å². The van der Waals surface area contributed by atoms with Crippen LogP contribution in [0.1, 0.15) is 0 Å². The molecule has 1 rings (SSSR count). The SMILES string of the molecule is COc1ccc(OCC#CI)c(OC)c1. The van der Waals surface area contributed by atoms with E-state index >= 15 is 0 Å². The van der Waals surface area contributed by atoms with Gasteiger partial charge in [-0.15, -0.1) is 0 Å². The topological polar surface area (TPSA) is 27.7 Å². The average Bonchev–Trinajstić information content (AvgIpc) is 2.29. The third-order valence-electron chi connectivity index (χ3n) is 1.74. The molecule has 0 aliphatic rings. The second kappa shape index (κ2) is 6.40. The fourth-order valence-corrected chi connectivity index (χ4v) is 1.19. The maximum atomic E-state index is 5.41. The van der Waals surface area contributed by atoms with Crippen molar-refractivity contribution in [2.45, 2.75) is 0 Å². The largest absolute Gasteiger partial charge is 0.497 e. The van der Waals surface area contributed by atoms with Crippen molar-refractivity contribution in [3.05, 3.63) is 18.2 Å². The van der Waals surface area contributed by atoms with Crippen molar-refractivity contribution in [1.29, 1.82) is 0 Å². The van der Waals surface area contributed by atoms with E-state index in [1.165, 1.54) is 0 Å². The van der Waals surface area contributed by atoms with E-state index in [9.17, 15) is 0 Å². The van der Waals surface area contributed by atoms with Crippen LogP contribution in [0.3, 0.4) is 0 Å². The van der Waals surface area contributed by atoms with Gasteiger partial charge in [0.05, 0.1) is 14.2 Å². The molecule has 0 saturated heterocycles. The summed E-state index contributed by atoms with van der Waals surface area (Å²) in [7, 11) is 3.20. The number of rotatable bonds is 4. The maximum Gasteiger partial charge on any atom is 0.164 e. The standard InChI is InChI=1S/C11H11IO3/c1-13-9-4-5-10(11(8-9)14-2)15-7-3-6-12/h4-5,8H,7H2,1-2H3. The zero-order chi connectivity index (χ0) is 11.1. The summed E-state index contributed by atoms with van der Waals surface area (Å²) in [6.07, 6.45) is 0. The Morgan fingerprint density at radius 1 is 1.20 bits per heavy atom. The Morgan fingerprint density at radius 3 is 2.60 bits per heavy atom. The van der Waals surface area contributed by atoms with E-state index in [4.69, 9.17) is 14.2 Å². The quantitative estimate of drug-likeness (QED) is 0.631. The van der Waals surface area contributed by atoms with E-state index in [1.807, 2.05) is 28.7 Å². The summed E-state index contributed by atoms with van der Waals surface area (Å²) in [4.78, 5) is 0. The Kier molecular flexibility index (Phi) is 5.12. The lowest BCUT2D eigenvalue weighted by atomic mass is 10.3. The van der Waals surface area contributed by atoms with Gasteiger partial charge in [0.2, 0.25) is 0 Å². The molecule has 0 unspecified atom stereocenters. The Balaban J connectivity index is 2.81. The first-order valence-corrected chi connectivity index (χ1v) is 5.33. The van der Waals surface area contributed by atoms with Crippen LogP contribution < -0.4 is 14.2 Å². The van der Waals surface area contributed by atoms with Crippen LogP contribution in [-0.2, 0) is 0 Å². The molecule has 15 heavy (non-hydrogen) atoms. The number of halogens is 1. The van der Waals surface area contributed by atoms with E-state index in [1.54, 1.807) is 26.4 Å². The van der Waals surface area contributed by atoms with Crippen LogP contribution in [0.15, 0.2) is 18.2 Å². The van der Waals surface area contributed by atoms with Crippen molar-refractivity contribution in [2.24, 2.45) is 0 Å². The first-order chi connectivity index (χ1) is 7.31. The molecular formula is C11H11IO3. The summed E-state index contributed by atoms with van der Waals surface area (Å²) in [5.74, 6) is 4.85. The van der Waals surface area contributed by atoms with E-state index < -0.39 is 0 Å². The summed E-state index contributed by atoms with van der Waals surface area (Å²) in [5, 5.41) is 0. The molecule has 0 heterocycles. The highest BCUT2D eigenvalue weighted by Gasteiger charge is 2.04. The van der Waals surface area contributed by atoms with Crippen molar-refractivity contribution >= 4 is 22.6 Å². The van der Waals surface area contributed by atoms with Gasteiger partial charge in [-0.25, -0.2) is 0 Å². The first kappa shape index (κ1) is 12.0. The minimum atomic E-state index is 0.353. The van der Waals surface area contributed by atoms with Crippen LogP contribution in [0.25, 0.3) is 0 Å². The highest BCUT2D eigenvalue weighted by Crippen LogP contribution is 2.30. The molecule has 0 radical (unpaired) electrons. The van der Waals surface area contributed by atoms with Crippen molar-refractivity contribution < 1.29 is 14.2 Å². The fraction of sp³-hybridized carbons (Fsp3) is 0.273. The van der Waals surface area contributed by atoms with Crippen LogP contribution in [0, 0.1) is 9.85 Å². The van der Waals surface area contributed by atoms with Gasteiger partial charge in [0.1, 0.15) is 12.4 Å². The molecule has 0 bridgehead atoms. The zero-order valence-electron chi connectivity index (χ0n) is 8.54. The molecule has 0 aliphatic heterocycles. The second-order valence-electron chi connectivity index (χ2n) is 2.58. The normalized spacial score (nSPS) is 8.73. The van der Waals surface area contributed by atoms with Crippen LogP contribution in [0.4, 0.5) is 0 Å². The number of methoxy groups -OCH3 is 2. The third-order valence-corrected chi connectivity index (χ3v) is 2.12. The summed E-state index contributed by atoms with van der Waals surface area (Å²) in [6, 6.07) is 5.38.